The third-order valence-corrected chi connectivity index (χ3v) is 2.48. The summed E-state index contributed by atoms with van der Waals surface area (Å²) in [4.78, 5) is 11.3. The summed E-state index contributed by atoms with van der Waals surface area (Å²) in [7, 11) is 0. The van der Waals surface area contributed by atoms with Crippen molar-refractivity contribution in [2.75, 3.05) is 19.8 Å². The van der Waals surface area contributed by atoms with E-state index < -0.39 is 0 Å². The van der Waals surface area contributed by atoms with Crippen molar-refractivity contribution in [1.29, 1.82) is 5.26 Å². The molecule has 1 rings (SSSR count). The van der Waals surface area contributed by atoms with Crippen molar-refractivity contribution >= 4 is 18.4 Å². The molecule has 0 unspecified atom stereocenters. The molecule has 0 saturated carbocycles. The van der Waals surface area contributed by atoms with E-state index in [2.05, 4.69) is 6.07 Å². The van der Waals surface area contributed by atoms with Gasteiger partial charge in [0.2, 0.25) is 0 Å². The van der Waals surface area contributed by atoms with Crippen molar-refractivity contribution in [2.24, 2.45) is 5.73 Å². The molecule has 0 aliphatic rings. The van der Waals surface area contributed by atoms with Crippen LogP contribution in [0.1, 0.15) is 24.5 Å². The van der Waals surface area contributed by atoms with Crippen molar-refractivity contribution in [3.63, 3.8) is 0 Å². The number of hydrogen-bond donors (Lipinski definition) is 1. The zero-order chi connectivity index (χ0) is 14.1. The Balaban J connectivity index is 0.00000361. The molecule has 20 heavy (non-hydrogen) atoms. The third-order valence-electron chi connectivity index (χ3n) is 2.48. The minimum absolute atomic E-state index is 0. The van der Waals surface area contributed by atoms with Crippen LogP contribution in [0.25, 0.3) is 0 Å². The first-order valence-corrected chi connectivity index (χ1v) is 6.22. The fourth-order valence-electron chi connectivity index (χ4n) is 1.60. The molecule has 0 atom stereocenters. The first kappa shape index (κ1) is 18.2. The van der Waals surface area contributed by atoms with E-state index >= 15 is 0 Å². The summed E-state index contributed by atoms with van der Waals surface area (Å²) in [5.74, 6) is 0.366. The number of hydrogen-bond acceptors (Lipinski definition) is 5. The Morgan fingerprint density at radius 3 is 2.80 bits per heavy atom. The largest absolute Gasteiger partial charge is 0.492 e. The van der Waals surface area contributed by atoms with Gasteiger partial charge in [-0.05, 0) is 31.0 Å². The van der Waals surface area contributed by atoms with E-state index in [1.54, 1.807) is 25.1 Å². The van der Waals surface area contributed by atoms with E-state index in [1.165, 1.54) is 0 Å². The van der Waals surface area contributed by atoms with Gasteiger partial charge < -0.3 is 15.2 Å². The Morgan fingerprint density at radius 1 is 1.45 bits per heavy atom. The van der Waals surface area contributed by atoms with Gasteiger partial charge in [-0.25, -0.2) is 0 Å². The number of rotatable bonds is 7. The smallest absolute Gasteiger partial charge is 0.306 e. The van der Waals surface area contributed by atoms with Crippen LogP contribution in [-0.4, -0.2) is 25.7 Å². The zero-order valence-electron chi connectivity index (χ0n) is 11.4. The van der Waals surface area contributed by atoms with Crippen LogP contribution in [0.15, 0.2) is 18.2 Å². The standard InChI is InChI=1S/C14H18N2O3.ClH/c1-2-18-14(17)6-5-12-4-3-11(10-16)9-13(12)19-8-7-15;/h3-4,9H,2,5-8,15H2,1H3;1H. The molecule has 6 heteroatoms. The second-order valence-electron chi connectivity index (χ2n) is 3.88. The van der Waals surface area contributed by atoms with Crippen LogP contribution in [0.3, 0.4) is 0 Å². The van der Waals surface area contributed by atoms with Crippen molar-refractivity contribution in [3.05, 3.63) is 29.3 Å². The minimum Gasteiger partial charge on any atom is -0.492 e. The Kier molecular flexibility index (Phi) is 9.18. The molecule has 0 saturated heterocycles. The molecule has 2 N–H and O–H groups in total. The second kappa shape index (κ2) is 10.1. The molecule has 110 valence electrons. The molecule has 0 bridgehead atoms. The average Bonchev–Trinajstić information content (AvgIpc) is 2.43. The SMILES string of the molecule is CCOC(=O)CCc1ccc(C#N)cc1OCCN.Cl. The van der Waals surface area contributed by atoms with Gasteiger partial charge in [-0.2, -0.15) is 5.26 Å². The van der Waals surface area contributed by atoms with Gasteiger partial charge in [0.15, 0.2) is 0 Å². The van der Waals surface area contributed by atoms with E-state index in [1.807, 2.05) is 0 Å². The molecule has 5 nitrogen and oxygen atoms in total. The highest BCUT2D eigenvalue weighted by Gasteiger charge is 2.09. The Hall–Kier alpha value is -1.77. The minimum atomic E-state index is -0.239. The highest BCUT2D eigenvalue weighted by Crippen LogP contribution is 2.22. The van der Waals surface area contributed by atoms with Gasteiger partial charge in [-0.3, -0.25) is 4.79 Å². The fraction of sp³-hybridized carbons (Fsp3) is 0.429. The lowest BCUT2D eigenvalue weighted by molar-refractivity contribution is -0.143. The molecular formula is C14H19ClN2O3. The second-order valence-corrected chi connectivity index (χ2v) is 3.88. The Bertz CT molecular complexity index is 472. The van der Waals surface area contributed by atoms with Gasteiger partial charge >= 0.3 is 5.97 Å². The number of aryl methyl sites for hydroxylation is 1. The van der Waals surface area contributed by atoms with Crippen molar-refractivity contribution in [2.45, 2.75) is 19.8 Å². The number of esters is 1. The van der Waals surface area contributed by atoms with Crippen molar-refractivity contribution < 1.29 is 14.3 Å². The summed E-state index contributed by atoms with van der Waals surface area (Å²) < 4.78 is 10.4. The van der Waals surface area contributed by atoms with Crippen LogP contribution in [0.4, 0.5) is 0 Å². The number of ether oxygens (including phenoxy) is 2. The topological polar surface area (TPSA) is 85.3 Å². The lowest BCUT2D eigenvalue weighted by Gasteiger charge is -2.11. The van der Waals surface area contributed by atoms with Crippen LogP contribution in [0.2, 0.25) is 0 Å². The fourth-order valence-corrected chi connectivity index (χ4v) is 1.60. The summed E-state index contributed by atoms with van der Waals surface area (Å²) in [5.41, 5.74) is 6.79. The van der Waals surface area contributed by atoms with E-state index in [9.17, 15) is 4.79 Å². The summed E-state index contributed by atoms with van der Waals surface area (Å²) in [6.45, 7) is 2.92. The first-order chi connectivity index (χ1) is 9.21. The number of benzene rings is 1. The maximum absolute atomic E-state index is 11.3. The molecule has 0 aliphatic carbocycles. The Labute approximate surface area is 125 Å². The van der Waals surface area contributed by atoms with E-state index in [0.29, 0.717) is 43.9 Å². The molecule has 0 amide bonds. The maximum atomic E-state index is 11.3. The van der Waals surface area contributed by atoms with Crippen molar-refractivity contribution in [1.82, 2.24) is 0 Å². The quantitative estimate of drug-likeness (QED) is 0.776. The van der Waals surface area contributed by atoms with E-state index in [-0.39, 0.29) is 18.4 Å². The predicted molar refractivity (Wildman–Crippen MR) is 77.9 cm³/mol. The normalized spacial score (nSPS) is 9.25. The number of nitriles is 1. The van der Waals surface area contributed by atoms with Gasteiger partial charge in [0.1, 0.15) is 12.4 Å². The van der Waals surface area contributed by atoms with Gasteiger partial charge in [0, 0.05) is 13.0 Å². The summed E-state index contributed by atoms with van der Waals surface area (Å²) in [6.07, 6.45) is 0.809. The molecule has 0 radical (unpaired) electrons. The lowest BCUT2D eigenvalue weighted by atomic mass is 10.1. The number of halogens is 1. The molecule has 1 aromatic rings. The van der Waals surface area contributed by atoms with Crippen LogP contribution in [-0.2, 0) is 16.0 Å². The van der Waals surface area contributed by atoms with Gasteiger partial charge in [0.05, 0.1) is 18.2 Å². The summed E-state index contributed by atoms with van der Waals surface area (Å²) in [5, 5.41) is 8.86. The first-order valence-electron chi connectivity index (χ1n) is 6.22. The molecular weight excluding hydrogens is 280 g/mol. The molecule has 1 aromatic carbocycles. The molecule has 0 fully saturated rings. The van der Waals surface area contributed by atoms with Crippen molar-refractivity contribution in [3.8, 4) is 11.8 Å². The maximum Gasteiger partial charge on any atom is 0.306 e. The highest BCUT2D eigenvalue weighted by atomic mass is 35.5. The van der Waals surface area contributed by atoms with E-state index in [4.69, 9.17) is 20.5 Å². The van der Waals surface area contributed by atoms with Crippen LogP contribution in [0, 0.1) is 11.3 Å². The number of nitrogens with zero attached hydrogens (tertiary/aromatic N) is 1. The summed E-state index contributed by atoms with van der Waals surface area (Å²) in [6, 6.07) is 7.22. The Morgan fingerprint density at radius 2 is 2.20 bits per heavy atom. The van der Waals surface area contributed by atoms with Crippen LogP contribution >= 0.6 is 12.4 Å². The van der Waals surface area contributed by atoms with Crippen LogP contribution in [0.5, 0.6) is 5.75 Å². The summed E-state index contributed by atoms with van der Waals surface area (Å²) >= 11 is 0. The molecule has 0 aliphatic heterocycles. The zero-order valence-corrected chi connectivity index (χ0v) is 12.2. The average molecular weight is 299 g/mol. The third kappa shape index (κ3) is 5.91. The molecule has 0 spiro atoms. The van der Waals surface area contributed by atoms with Gasteiger partial charge in [-0.1, -0.05) is 6.07 Å². The predicted octanol–water partition coefficient (Wildman–Crippen LogP) is 1.81. The lowest BCUT2D eigenvalue weighted by Crippen LogP contribution is -2.12. The van der Waals surface area contributed by atoms with E-state index in [0.717, 1.165) is 5.56 Å². The monoisotopic (exact) mass is 298 g/mol. The number of carbonyl (C=O) groups excluding carboxylic acids is 1. The number of nitrogens with two attached hydrogens (primary N) is 1. The van der Waals surface area contributed by atoms with Crippen LogP contribution < -0.4 is 10.5 Å². The molecule has 0 heterocycles. The van der Waals surface area contributed by atoms with Gasteiger partial charge in [-0.15, -0.1) is 12.4 Å². The number of carbonyl (C=O) groups is 1. The molecule has 0 aromatic heterocycles. The highest BCUT2D eigenvalue weighted by molar-refractivity contribution is 5.85. The van der Waals surface area contributed by atoms with Gasteiger partial charge in [0.25, 0.3) is 0 Å².